The zero-order valence-electron chi connectivity index (χ0n) is 28.2. The lowest BCUT2D eigenvalue weighted by Gasteiger charge is -2.13. The van der Waals surface area contributed by atoms with Crippen molar-refractivity contribution in [3.05, 3.63) is 158 Å². The Labute approximate surface area is 300 Å². The Hall–Kier alpha value is -7.24. The summed E-state index contributed by atoms with van der Waals surface area (Å²) < 4.78 is 11.5. The van der Waals surface area contributed by atoms with Crippen molar-refractivity contribution in [2.75, 3.05) is 0 Å². The molecule has 0 bridgehead atoms. The molecule has 5 heterocycles. The summed E-state index contributed by atoms with van der Waals surface area (Å²) in [5.74, 6) is 0.627. The molecule has 0 saturated carbocycles. The van der Waals surface area contributed by atoms with Gasteiger partial charge in [-0.05, 0) is 35.7 Å². The molecule has 0 fully saturated rings. The molecule has 0 radical (unpaired) electrons. The molecule has 244 valence electrons. The number of rotatable bonds is 2. The molecule has 5 heteroatoms. The molecule has 0 amide bonds. The van der Waals surface area contributed by atoms with Crippen LogP contribution in [-0.4, -0.2) is 18.9 Å². The van der Waals surface area contributed by atoms with E-state index < -0.39 is 0 Å². The SMILES string of the molecule is c1ccc(-c2nc(-n3c4cc5oc6ccccc6c5c5c6cccc7c8ccccc8n(c8cccc3c8c54)c76)nc3c2ccc2ccccc23)cc1. The third-order valence-electron chi connectivity index (χ3n) is 11.4. The summed E-state index contributed by atoms with van der Waals surface area (Å²) in [6.07, 6.45) is 0. The van der Waals surface area contributed by atoms with Crippen LogP contribution in [0.25, 0.3) is 121 Å². The van der Waals surface area contributed by atoms with Crippen molar-refractivity contribution in [1.82, 2.24) is 18.9 Å². The van der Waals surface area contributed by atoms with Crippen LogP contribution in [0, 0.1) is 0 Å². The van der Waals surface area contributed by atoms with E-state index in [9.17, 15) is 0 Å². The molecule has 0 saturated heterocycles. The topological polar surface area (TPSA) is 48.3 Å². The second-order valence-electron chi connectivity index (χ2n) is 14.1. The third-order valence-corrected chi connectivity index (χ3v) is 11.4. The summed E-state index contributed by atoms with van der Waals surface area (Å²) >= 11 is 0. The van der Waals surface area contributed by atoms with Gasteiger partial charge >= 0.3 is 0 Å². The van der Waals surface area contributed by atoms with Crippen molar-refractivity contribution in [2.45, 2.75) is 0 Å². The van der Waals surface area contributed by atoms with Crippen LogP contribution >= 0.6 is 0 Å². The van der Waals surface area contributed by atoms with Crippen molar-refractivity contribution in [3.8, 4) is 17.2 Å². The van der Waals surface area contributed by atoms with Crippen LogP contribution in [0.3, 0.4) is 0 Å². The number of para-hydroxylation sites is 3. The number of aromatic nitrogens is 4. The molecule has 0 atom stereocenters. The van der Waals surface area contributed by atoms with E-state index in [4.69, 9.17) is 14.4 Å². The van der Waals surface area contributed by atoms with Gasteiger partial charge in [0, 0.05) is 65.5 Å². The van der Waals surface area contributed by atoms with Crippen LogP contribution < -0.4 is 0 Å². The first-order valence-electron chi connectivity index (χ1n) is 18.0. The number of nitrogens with zero attached hydrogens (tertiary/aromatic N) is 4. The van der Waals surface area contributed by atoms with Gasteiger partial charge in [0.05, 0.1) is 38.8 Å². The Morgan fingerprint density at radius 3 is 2.06 bits per heavy atom. The Kier molecular flexibility index (Phi) is 5.06. The molecular weight excluding hydrogens is 649 g/mol. The van der Waals surface area contributed by atoms with Gasteiger partial charge in [-0.2, -0.15) is 0 Å². The summed E-state index contributed by atoms with van der Waals surface area (Å²) in [6.45, 7) is 0. The predicted molar refractivity (Wildman–Crippen MR) is 219 cm³/mol. The van der Waals surface area contributed by atoms with Crippen LogP contribution in [-0.2, 0) is 0 Å². The minimum Gasteiger partial charge on any atom is -0.456 e. The average Bonchev–Trinajstić information content (AvgIpc) is 3.84. The molecule has 13 rings (SSSR count). The second-order valence-corrected chi connectivity index (χ2v) is 14.1. The Bertz CT molecular complexity index is 3680. The lowest BCUT2D eigenvalue weighted by molar-refractivity contribution is 0.669. The maximum atomic E-state index is 6.75. The molecule has 5 aromatic heterocycles. The molecule has 8 aromatic carbocycles. The summed E-state index contributed by atoms with van der Waals surface area (Å²) in [7, 11) is 0. The molecule has 13 aromatic rings. The van der Waals surface area contributed by atoms with Crippen molar-refractivity contribution in [1.29, 1.82) is 0 Å². The molecule has 0 aliphatic carbocycles. The van der Waals surface area contributed by atoms with Crippen LogP contribution in [0.4, 0.5) is 0 Å². The fourth-order valence-electron chi connectivity index (χ4n) is 9.31. The first-order valence-corrected chi connectivity index (χ1v) is 18.0. The van der Waals surface area contributed by atoms with Crippen molar-refractivity contribution in [2.24, 2.45) is 0 Å². The van der Waals surface area contributed by atoms with Gasteiger partial charge in [0.25, 0.3) is 0 Å². The van der Waals surface area contributed by atoms with Gasteiger partial charge in [-0.3, -0.25) is 4.57 Å². The van der Waals surface area contributed by atoms with Gasteiger partial charge in [0.1, 0.15) is 11.2 Å². The predicted octanol–water partition coefficient (Wildman–Crippen LogP) is 12.6. The monoisotopic (exact) mass is 674 g/mol. The van der Waals surface area contributed by atoms with E-state index in [0.717, 1.165) is 71.4 Å². The van der Waals surface area contributed by atoms with Gasteiger partial charge in [-0.1, -0.05) is 121 Å². The fourth-order valence-corrected chi connectivity index (χ4v) is 9.31. The van der Waals surface area contributed by atoms with E-state index in [2.05, 4.69) is 161 Å². The van der Waals surface area contributed by atoms with Crippen LogP contribution in [0.2, 0.25) is 0 Å². The highest BCUT2D eigenvalue weighted by molar-refractivity contribution is 6.38. The second kappa shape index (κ2) is 9.75. The van der Waals surface area contributed by atoms with Gasteiger partial charge in [0.15, 0.2) is 0 Å². The lowest BCUT2D eigenvalue weighted by atomic mass is 9.99. The normalized spacial score (nSPS) is 12.5. The average molecular weight is 675 g/mol. The minimum atomic E-state index is 0.627. The van der Waals surface area contributed by atoms with Crippen LogP contribution in [0.15, 0.2) is 162 Å². The molecule has 53 heavy (non-hydrogen) atoms. The Morgan fingerprint density at radius 1 is 0.415 bits per heavy atom. The van der Waals surface area contributed by atoms with E-state index in [1.165, 1.54) is 43.4 Å². The summed E-state index contributed by atoms with van der Waals surface area (Å²) in [5, 5.41) is 12.7. The summed E-state index contributed by atoms with van der Waals surface area (Å²) in [4.78, 5) is 11.0. The maximum absolute atomic E-state index is 6.75. The quantitative estimate of drug-likeness (QED) is 0.172. The Balaban J connectivity index is 1.32. The highest BCUT2D eigenvalue weighted by Crippen LogP contribution is 2.48. The zero-order chi connectivity index (χ0) is 34.4. The lowest BCUT2D eigenvalue weighted by Crippen LogP contribution is -2.04. The molecule has 0 spiro atoms. The standard InChI is InChI=1S/C48H26N4O/c1-2-13-28(14-3-1)45-34-25-24-27-12-4-5-15-29(27)46(34)50-48(49-45)52-37-22-11-21-36-43(37)44-38(52)26-40-41(32-17-7-9-23-39(32)53-40)42(44)33-19-10-18-31-30-16-6-8-20-35(30)51(36)47(31)33/h1-26H. The minimum absolute atomic E-state index is 0.627. The van der Waals surface area contributed by atoms with Crippen LogP contribution in [0.5, 0.6) is 0 Å². The van der Waals surface area contributed by atoms with E-state index in [0.29, 0.717) is 5.95 Å². The van der Waals surface area contributed by atoms with Crippen LogP contribution in [0.1, 0.15) is 0 Å². The molecule has 5 nitrogen and oxygen atoms in total. The maximum Gasteiger partial charge on any atom is 0.235 e. The number of fused-ring (bicyclic) bond motifs is 12. The van der Waals surface area contributed by atoms with Gasteiger partial charge in [-0.25, -0.2) is 9.97 Å². The van der Waals surface area contributed by atoms with E-state index in [1.54, 1.807) is 0 Å². The molecule has 0 unspecified atom stereocenters. The van der Waals surface area contributed by atoms with E-state index >= 15 is 0 Å². The fraction of sp³-hybridized carbons (Fsp3) is 0. The summed E-state index contributed by atoms with van der Waals surface area (Å²) in [6, 6.07) is 56.1. The molecule has 0 aliphatic rings. The van der Waals surface area contributed by atoms with E-state index in [1.807, 2.05) is 6.07 Å². The highest BCUT2D eigenvalue weighted by Gasteiger charge is 2.27. The first kappa shape index (κ1) is 27.5. The number of hydrogen-bond donors (Lipinski definition) is 0. The molecular formula is C48H26N4O. The number of benzene rings is 8. The van der Waals surface area contributed by atoms with E-state index in [-0.39, 0.29) is 0 Å². The third kappa shape index (κ3) is 3.42. The van der Waals surface area contributed by atoms with Gasteiger partial charge < -0.3 is 8.82 Å². The Morgan fingerprint density at radius 2 is 1.13 bits per heavy atom. The summed E-state index contributed by atoms with van der Waals surface area (Å²) in [5.41, 5.74) is 10.2. The molecule has 0 aliphatic heterocycles. The zero-order valence-corrected chi connectivity index (χ0v) is 28.2. The van der Waals surface area contributed by atoms with Crippen molar-refractivity contribution < 1.29 is 4.42 Å². The molecule has 0 N–H and O–H groups in total. The van der Waals surface area contributed by atoms with Gasteiger partial charge in [0.2, 0.25) is 5.95 Å². The first-order chi connectivity index (χ1) is 26.3. The van der Waals surface area contributed by atoms with Crippen molar-refractivity contribution in [3.63, 3.8) is 0 Å². The number of furan rings is 1. The largest absolute Gasteiger partial charge is 0.456 e. The van der Waals surface area contributed by atoms with Gasteiger partial charge in [-0.15, -0.1) is 0 Å². The van der Waals surface area contributed by atoms with Crippen molar-refractivity contribution >= 4 is 104 Å². The highest BCUT2D eigenvalue weighted by atomic mass is 16.3. The smallest absolute Gasteiger partial charge is 0.235 e. The number of hydrogen-bond acceptors (Lipinski definition) is 3.